The standard InChI is InChI=1S/C22H32O2.C14H14.C13H20O.C10H16O4.2C10H14O/c1-4-14(2)16-8-10-18(11-9-16)23-15(3)24-22-13-17-12-21(22)20-7-5-6-19(17)20;1-9-10(2)13-8-4-6-11-5-3-7-12(9)14(11)13;1-5-10(2)11-6-8-12(9-7-11)13(3,4)14;1-4-10(2,3)9(12)14-7-5-6-13-8(7)11;2*1-3-8(2)9-4-6-10(11)7-5-9/h8-11,14-15,17,19-22H,4-7,12-13H2,1-3H3;3-10H,1-2H3;6-10,14H,5H2,1-4H3;7H,4-6H2,1-3H3;2*4-8,11H,3H2,1-2H3. The predicted molar refractivity (Wildman–Crippen MR) is 361 cm³/mol. The molecule has 5 aliphatic rings. The van der Waals surface area contributed by atoms with E-state index in [0.29, 0.717) is 72.6 Å². The van der Waals surface area contributed by atoms with Crippen molar-refractivity contribution in [3.63, 3.8) is 0 Å². The molecular weight excluding hydrogens is 1090 g/mol. The topological polar surface area (TPSA) is 132 Å². The number of phenolic OH excluding ortho intramolecular Hbond substituents is 2. The number of phenols is 2. The van der Waals surface area contributed by atoms with E-state index in [1.54, 1.807) is 38.1 Å². The van der Waals surface area contributed by atoms with Gasteiger partial charge in [-0.25, -0.2) is 4.79 Å². The lowest BCUT2D eigenvalue weighted by molar-refractivity contribution is -0.167. The largest absolute Gasteiger partial charge is 0.508 e. The van der Waals surface area contributed by atoms with Crippen molar-refractivity contribution in [1.29, 1.82) is 0 Å². The Morgan fingerprint density at radius 2 is 1.02 bits per heavy atom. The molecule has 3 saturated carbocycles. The van der Waals surface area contributed by atoms with Crippen molar-refractivity contribution in [3.8, 4) is 17.2 Å². The van der Waals surface area contributed by atoms with Crippen molar-refractivity contribution < 1.29 is 43.9 Å². The molecule has 6 aromatic rings. The van der Waals surface area contributed by atoms with Gasteiger partial charge in [0.25, 0.3) is 0 Å². The molecule has 88 heavy (non-hydrogen) atoms. The number of aliphatic hydroxyl groups is 1. The van der Waals surface area contributed by atoms with Crippen molar-refractivity contribution in [3.05, 3.63) is 172 Å². The van der Waals surface area contributed by atoms with Gasteiger partial charge in [0.15, 0.2) is 6.29 Å². The first-order valence-corrected chi connectivity index (χ1v) is 33.6. The fraction of sp³-hybridized carbons (Fsp3) is 0.544. The number of hydrogen-bond acceptors (Lipinski definition) is 9. The molecular formula is C79H110O9. The minimum absolute atomic E-state index is 0.149. The summed E-state index contributed by atoms with van der Waals surface area (Å²) < 4.78 is 22.1. The molecule has 1 heterocycles. The van der Waals surface area contributed by atoms with Gasteiger partial charge in [0.2, 0.25) is 6.10 Å². The molecule has 13 unspecified atom stereocenters. The van der Waals surface area contributed by atoms with Crippen LogP contribution in [-0.2, 0) is 29.4 Å². The first-order valence-electron chi connectivity index (χ1n) is 33.6. The Morgan fingerprint density at radius 1 is 0.580 bits per heavy atom. The van der Waals surface area contributed by atoms with Crippen LogP contribution < -0.4 is 4.74 Å². The monoisotopic (exact) mass is 1200 g/mol. The molecule has 3 N–H and O–H groups in total. The fourth-order valence-corrected chi connectivity index (χ4v) is 13.0. The van der Waals surface area contributed by atoms with E-state index < -0.39 is 23.1 Å². The van der Waals surface area contributed by atoms with Crippen LogP contribution in [0.15, 0.2) is 133 Å². The highest BCUT2D eigenvalue weighted by molar-refractivity contribution is 5.92. The summed E-state index contributed by atoms with van der Waals surface area (Å²) in [7, 11) is 0. The molecule has 4 aliphatic carbocycles. The second-order valence-corrected chi connectivity index (χ2v) is 27.1. The van der Waals surface area contributed by atoms with Crippen molar-refractivity contribution in [2.75, 3.05) is 6.61 Å². The van der Waals surface area contributed by atoms with E-state index in [9.17, 15) is 14.7 Å². The van der Waals surface area contributed by atoms with Gasteiger partial charge in [-0.3, -0.25) is 4.79 Å². The van der Waals surface area contributed by atoms with Crippen LogP contribution >= 0.6 is 0 Å². The summed E-state index contributed by atoms with van der Waals surface area (Å²) in [5.41, 5.74) is 8.12. The molecule has 2 bridgehead atoms. The molecule has 4 fully saturated rings. The summed E-state index contributed by atoms with van der Waals surface area (Å²) in [6.07, 6.45) is 12.4. The number of carbonyl (C=O) groups excluding carboxylic acids is 2. The number of fused-ring (bicyclic) bond motifs is 5. The molecule has 0 radical (unpaired) electrons. The number of esters is 2. The van der Waals surface area contributed by atoms with Crippen LogP contribution in [-0.4, -0.2) is 52.4 Å². The zero-order valence-corrected chi connectivity index (χ0v) is 56.5. The smallest absolute Gasteiger partial charge is 0.347 e. The lowest BCUT2D eigenvalue weighted by atomic mass is 9.80. The predicted octanol–water partition coefficient (Wildman–Crippen LogP) is 20.3. The number of benzene rings is 6. The SMILES string of the molecule is CC1c2cccc3cccc(c23)C1C.CCC(C)(C)C(=O)OC1CCOC1=O.CCC(C)c1ccc(C(C)(C)O)cc1.CCC(C)c1ccc(O)cc1.CCC(C)c1ccc(O)cc1.CCC(C)c1ccc(OC(C)OC2CC3CC2C2CCCC32)cc1. The van der Waals surface area contributed by atoms with Gasteiger partial charge in [0.05, 0.1) is 23.7 Å². The molecule has 11 rings (SSSR count). The number of carbonyl (C=O) groups is 2. The maximum atomic E-state index is 11.6. The Hall–Kier alpha value is -6.16. The summed E-state index contributed by atoms with van der Waals surface area (Å²) in [4.78, 5) is 22.6. The average molecular weight is 1200 g/mol. The third kappa shape index (κ3) is 19.2. The van der Waals surface area contributed by atoms with E-state index in [-0.39, 0.29) is 12.3 Å². The molecule has 0 aromatic heterocycles. The second-order valence-electron chi connectivity index (χ2n) is 27.1. The number of cyclic esters (lactones) is 1. The molecule has 480 valence electrons. The van der Waals surface area contributed by atoms with Gasteiger partial charge in [-0.2, -0.15) is 0 Å². The van der Waals surface area contributed by atoms with E-state index in [2.05, 4.69) is 149 Å². The molecule has 1 aliphatic heterocycles. The number of rotatable bonds is 16. The first kappa shape index (κ1) is 70.9. The zero-order valence-electron chi connectivity index (χ0n) is 56.5. The third-order valence-corrected chi connectivity index (χ3v) is 20.3. The molecule has 13 atom stereocenters. The lowest BCUT2D eigenvalue weighted by Crippen LogP contribution is -2.34. The zero-order chi connectivity index (χ0) is 64.5. The number of ether oxygens (including phenoxy) is 4. The maximum absolute atomic E-state index is 11.6. The highest BCUT2D eigenvalue weighted by Gasteiger charge is 2.54. The second kappa shape index (κ2) is 33.1. The third-order valence-electron chi connectivity index (χ3n) is 20.3. The Bertz CT molecular complexity index is 2950. The van der Waals surface area contributed by atoms with Gasteiger partial charge >= 0.3 is 11.9 Å². The minimum atomic E-state index is -0.728. The Kier molecular flexibility index (Phi) is 26.6. The van der Waals surface area contributed by atoms with E-state index in [4.69, 9.17) is 29.2 Å². The highest BCUT2D eigenvalue weighted by atomic mass is 16.7. The molecule has 1 saturated heterocycles. The summed E-state index contributed by atoms with van der Waals surface area (Å²) in [5, 5.41) is 30.7. The van der Waals surface area contributed by atoms with Crippen LogP contribution in [0.5, 0.6) is 17.2 Å². The van der Waals surface area contributed by atoms with Crippen molar-refractivity contribution in [1.82, 2.24) is 0 Å². The van der Waals surface area contributed by atoms with Gasteiger partial charge in [-0.15, -0.1) is 0 Å². The number of hydrogen-bond donors (Lipinski definition) is 3. The van der Waals surface area contributed by atoms with Crippen LogP contribution in [0.25, 0.3) is 10.8 Å². The highest BCUT2D eigenvalue weighted by Crippen LogP contribution is 2.59. The summed E-state index contributed by atoms with van der Waals surface area (Å²) >= 11 is 0. The van der Waals surface area contributed by atoms with Gasteiger partial charge < -0.3 is 34.3 Å². The van der Waals surface area contributed by atoms with Crippen LogP contribution in [0.4, 0.5) is 0 Å². The molecule has 0 amide bonds. The van der Waals surface area contributed by atoms with Crippen molar-refractivity contribution >= 4 is 22.7 Å². The molecule has 0 spiro atoms. The van der Waals surface area contributed by atoms with Crippen molar-refractivity contribution in [2.24, 2.45) is 29.1 Å². The van der Waals surface area contributed by atoms with Gasteiger partial charge in [0.1, 0.15) is 17.2 Å². The van der Waals surface area contributed by atoms with E-state index in [0.717, 1.165) is 54.2 Å². The summed E-state index contributed by atoms with van der Waals surface area (Å²) in [6, 6.07) is 45.0. The van der Waals surface area contributed by atoms with E-state index in [1.807, 2.05) is 57.2 Å². The van der Waals surface area contributed by atoms with Crippen molar-refractivity contribution in [2.45, 2.75) is 241 Å². The number of aromatic hydroxyl groups is 2. The van der Waals surface area contributed by atoms with Crippen LogP contribution in [0.2, 0.25) is 0 Å². The van der Waals surface area contributed by atoms with E-state index >= 15 is 0 Å². The van der Waals surface area contributed by atoms with E-state index in [1.165, 1.54) is 82.7 Å². The Morgan fingerprint density at radius 3 is 1.44 bits per heavy atom. The van der Waals surface area contributed by atoms with Gasteiger partial charge in [0, 0.05) is 6.42 Å². The first-order chi connectivity index (χ1) is 41.8. The van der Waals surface area contributed by atoms with Crippen LogP contribution in [0.3, 0.4) is 0 Å². The molecule has 9 heteroatoms. The lowest BCUT2D eigenvalue weighted by Gasteiger charge is -2.33. The summed E-state index contributed by atoms with van der Waals surface area (Å²) in [6.45, 7) is 33.8. The summed E-state index contributed by atoms with van der Waals surface area (Å²) in [5.74, 6) is 8.34. The Balaban J connectivity index is 0.000000173. The molecule has 6 aromatic carbocycles. The quantitative estimate of drug-likeness (QED) is 0.0640. The van der Waals surface area contributed by atoms with Gasteiger partial charge in [-0.05, 0) is 238 Å². The van der Waals surface area contributed by atoms with Gasteiger partial charge in [-0.1, -0.05) is 180 Å². The maximum Gasteiger partial charge on any atom is 0.347 e. The Labute approximate surface area is 530 Å². The normalized spacial score (nSPS) is 22.8. The average Bonchev–Trinajstić information content (AvgIpc) is 3.06. The minimum Gasteiger partial charge on any atom is -0.508 e. The fourth-order valence-electron chi connectivity index (χ4n) is 13.0. The van der Waals surface area contributed by atoms with Crippen LogP contribution in [0.1, 0.15) is 256 Å². The van der Waals surface area contributed by atoms with Crippen LogP contribution in [0, 0.1) is 29.1 Å². The molecule has 9 nitrogen and oxygen atoms in total.